The normalized spacial score (nSPS) is 13.3. The third-order valence-corrected chi connectivity index (χ3v) is 2.36. The average molecular weight is 270 g/mol. The Kier molecular flexibility index (Phi) is 3.98. The number of halogens is 5. The Balaban J connectivity index is 2.78. The van der Waals surface area contributed by atoms with Crippen molar-refractivity contribution < 1.29 is 22.4 Å². The highest BCUT2D eigenvalue weighted by Gasteiger charge is 2.45. The fourth-order valence-electron chi connectivity index (χ4n) is 1.02. The van der Waals surface area contributed by atoms with Crippen LogP contribution in [0, 0.1) is 6.92 Å². The number of alkyl halides is 4. The molecule has 0 aliphatic heterocycles. The molecule has 0 saturated carbocycles. The van der Waals surface area contributed by atoms with E-state index in [2.05, 4.69) is 0 Å². The van der Waals surface area contributed by atoms with Crippen molar-refractivity contribution in [2.45, 2.75) is 19.3 Å². The highest BCUT2D eigenvalue weighted by Crippen LogP contribution is 2.25. The third kappa shape index (κ3) is 3.59. The lowest BCUT2D eigenvalue weighted by Crippen LogP contribution is -2.36. The second-order valence-corrected chi connectivity index (χ2v) is 3.76. The molecular weight excluding hydrogens is 262 g/mol. The molecular formula is C10H8ClF4NO. The predicted molar refractivity (Wildman–Crippen MR) is 55.8 cm³/mol. The number of aryl methyl sites for hydroxylation is 1. The molecule has 1 N–H and O–H groups in total. The second kappa shape index (κ2) is 4.91. The molecule has 0 fully saturated rings. The van der Waals surface area contributed by atoms with E-state index in [1.807, 2.05) is 0 Å². The SMILES string of the molecule is Cc1ccc(NC(=O)[C@@H](F)C(F)(F)F)cc1Cl. The smallest absolute Gasteiger partial charge is 0.323 e. The van der Waals surface area contributed by atoms with E-state index < -0.39 is 18.3 Å². The lowest BCUT2D eigenvalue weighted by atomic mass is 10.2. The largest absolute Gasteiger partial charge is 0.428 e. The number of carbonyl (C=O) groups is 1. The fourth-order valence-corrected chi connectivity index (χ4v) is 1.21. The van der Waals surface area contributed by atoms with Gasteiger partial charge in [0.05, 0.1) is 0 Å². The van der Waals surface area contributed by atoms with E-state index >= 15 is 0 Å². The van der Waals surface area contributed by atoms with Gasteiger partial charge in [-0.1, -0.05) is 17.7 Å². The van der Waals surface area contributed by atoms with Gasteiger partial charge in [-0.25, -0.2) is 4.39 Å². The number of carbonyl (C=O) groups excluding carboxylic acids is 1. The van der Waals surface area contributed by atoms with Crippen LogP contribution in [0.2, 0.25) is 5.02 Å². The van der Waals surface area contributed by atoms with Crippen molar-refractivity contribution >= 4 is 23.2 Å². The van der Waals surface area contributed by atoms with Gasteiger partial charge in [0.15, 0.2) is 0 Å². The van der Waals surface area contributed by atoms with Crippen molar-refractivity contribution in [3.63, 3.8) is 0 Å². The van der Waals surface area contributed by atoms with Crippen LogP contribution in [-0.2, 0) is 4.79 Å². The number of anilines is 1. The van der Waals surface area contributed by atoms with Crippen LogP contribution in [0.5, 0.6) is 0 Å². The van der Waals surface area contributed by atoms with Crippen LogP contribution >= 0.6 is 11.6 Å². The fraction of sp³-hybridized carbons (Fsp3) is 0.300. The van der Waals surface area contributed by atoms with Gasteiger partial charge in [0, 0.05) is 10.7 Å². The molecule has 17 heavy (non-hydrogen) atoms. The molecule has 1 atom stereocenters. The zero-order valence-corrected chi connectivity index (χ0v) is 9.36. The van der Waals surface area contributed by atoms with Gasteiger partial charge < -0.3 is 5.32 Å². The van der Waals surface area contributed by atoms with Crippen LogP contribution in [0.3, 0.4) is 0 Å². The summed E-state index contributed by atoms with van der Waals surface area (Å²) < 4.78 is 48.3. The lowest BCUT2D eigenvalue weighted by Gasteiger charge is -2.12. The molecule has 2 nitrogen and oxygen atoms in total. The molecule has 1 aromatic rings. The molecule has 0 aliphatic carbocycles. The molecule has 0 saturated heterocycles. The maximum atomic E-state index is 12.6. The molecule has 94 valence electrons. The van der Waals surface area contributed by atoms with Crippen molar-refractivity contribution in [3.8, 4) is 0 Å². The number of hydrogen-bond donors (Lipinski definition) is 1. The first-order chi connectivity index (χ1) is 7.71. The van der Waals surface area contributed by atoms with Crippen LogP contribution in [0.4, 0.5) is 23.2 Å². The van der Waals surface area contributed by atoms with Gasteiger partial charge in [-0.15, -0.1) is 0 Å². The molecule has 0 bridgehead atoms. The van der Waals surface area contributed by atoms with E-state index in [-0.39, 0.29) is 10.7 Å². The van der Waals surface area contributed by atoms with Crippen molar-refractivity contribution in [2.24, 2.45) is 0 Å². The van der Waals surface area contributed by atoms with E-state index in [0.29, 0.717) is 5.56 Å². The first-order valence-corrected chi connectivity index (χ1v) is 4.87. The van der Waals surface area contributed by atoms with E-state index in [9.17, 15) is 22.4 Å². The van der Waals surface area contributed by atoms with E-state index in [0.717, 1.165) is 0 Å². The monoisotopic (exact) mass is 269 g/mol. The zero-order valence-electron chi connectivity index (χ0n) is 8.61. The van der Waals surface area contributed by atoms with Gasteiger partial charge in [0.2, 0.25) is 0 Å². The number of nitrogens with one attached hydrogen (secondary N) is 1. The van der Waals surface area contributed by atoms with E-state index in [1.165, 1.54) is 18.2 Å². The van der Waals surface area contributed by atoms with Gasteiger partial charge in [-0.3, -0.25) is 4.79 Å². The summed E-state index contributed by atoms with van der Waals surface area (Å²) in [5.41, 5.74) is 0.704. The summed E-state index contributed by atoms with van der Waals surface area (Å²) >= 11 is 5.70. The molecule has 0 aliphatic rings. The van der Waals surface area contributed by atoms with Crippen molar-refractivity contribution in [1.29, 1.82) is 0 Å². The average Bonchev–Trinajstić information content (AvgIpc) is 2.21. The molecule has 1 aromatic carbocycles. The predicted octanol–water partition coefficient (Wildman–Crippen LogP) is 3.49. The van der Waals surface area contributed by atoms with Gasteiger partial charge in [0.1, 0.15) is 0 Å². The maximum Gasteiger partial charge on any atom is 0.428 e. The molecule has 0 radical (unpaired) electrons. The Hall–Kier alpha value is -1.30. The Bertz CT molecular complexity index is 433. The number of rotatable bonds is 2. The Morgan fingerprint density at radius 1 is 1.41 bits per heavy atom. The number of benzene rings is 1. The van der Waals surface area contributed by atoms with Crippen LogP contribution in [0.15, 0.2) is 18.2 Å². The molecule has 0 aromatic heterocycles. The highest BCUT2D eigenvalue weighted by atomic mass is 35.5. The molecule has 1 rings (SSSR count). The third-order valence-electron chi connectivity index (χ3n) is 1.96. The van der Waals surface area contributed by atoms with Crippen LogP contribution in [0.1, 0.15) is 5.56 Å². The Labute approximate surface area is 99.6 Å². The van der Waals surface area contributed by atoms with Gasteiger partial charge in [-0.05, 0) is 24.6 Å². The summed E-state index contributed by atoms with van der Waals surface area (Å²) in [4.78, 5) is 10.9. The van der Waals surface area contributed by atoms with E-state index in [4.69, 9.17) is 11.6 Å². The van der Waals surface area contributed by atoms with Crippen LogP contribution in [-0.4, -0.2) is 18.3 Å². The maximum absolute atomic E-state index is 12.6. The molecule has 0 heterocycles. The first-order valence-electron chi connectivity index (χ1n) is 4.49. The highest BCUT2D eigenvalue weighted by molar-refractivity contribution is 6.31. The second-order valence-electron chi connectivity index (χ2n) is 3.36. The summed E-state index contributed by atoms with van der Waals surface area (Å²) in [6.45, 7) is 1.68. The van der Waals surface area contributed by atoms with E-state index in [1.54, 1.807) is 12.2 Å². The minimum Gasteiger partial charge on any atom is -0.323 e. The Morgan fingerprint density at radius 2 is 2.00 bits per heavy atom. The van der Waals surface area contributed by atoms with Gasteiger partial charge in [0.25, 0.3) is 12.1 Å². The molecule has 0 spiro atoms. The molecule has 0 unspecified atom stereocenters. The zero-order chi connectivity index (χ0) is 13.2. The van der Waals surface area contributed by atoms with Crippen molar-refractivity contribution in [2.75, 3.05) is 5.32 Å². The quantitative estimate of drug-likeness (QED) is 0.818. The number of amides is 1. The summed E-state index contributed by atoms with van der Waals surface area (Å²) in [6, 6.07) is 4.08. The summed E-state index contributed by atoms with van der Waals surface area (Å²) in [5.74, 6) is -1.77. The summed E-state index contributed by atoms with van der Waals surface area (Å²) in [5, 5.41) is 2.07. The number of hydrogen-bond acceptors (Lipinski definition) is 1. The summed E-state index contributed by atoms with van der Waals surface area (Å²) in [6.07, 6.45) is -8.76. The molecule has 1 amide bonds. The topological polar surface area (TPSA) is 29.1 Å². The van der Waals surface area contributed by atoms with Crippen LogP contribution in [0.25, 0.3) is 0 Å². The standard InChI is InChI=1S/C10H8ClF4NO/c1-5-2-3-6(4-7(5)11)16-9(17)8(12)10(13,14)15/h2-4,8H,1H3,(H,16,17)/t8-/m1/s1. The van der Waals surface area contributed by atoms with Crippen molar-refractivity contribution in [3.05, 3.63) is 28.8 Å². The minimum absolute atomic E-state index is 0.0116. The van der Waals surface area contributed by atoms with Crippen molar-refractivity contribution in [1.82, 2.24) is 0 Å². The van der Waals surface area contributed by atoms with Gasteiger partial charge in [-0.2, -0.15) is 13.2 Å². The lowest BCUT2D eigenvalue weighted by molar-refractivity contribution is -0.183. The van der Waals surface area contributed by atoms with Crippen LogP contribution < -0.4 is 5.32 Å². The summed E-state index contributed by atoms with van der Waals surface area (Å²) in [7, 11) is 0. The Morgan fingerprint density at radius 3 is 2.47 bits per heavy atom. The molecule has 7 heteroatoms. The minimum atomic E-state index is -5.21. The first kappa shape index (κ1) is 13.8. The van der Waals surface area contributed by atoms with Gasteiger partial charge >= 0.3 is 6.18 Å².